The molecule has 0 saturated carbocycles. The number of rotatable bonds is 8. The Morgan fingerprint density at radius 1 is 1.35 bits per heavy atom. The number of tetrazole rings is 1. The molecular formula is C15H22BrN5O2. The first-order valence-corrected chi connectivity index (χ1v) is 8.38. The monoisotopic (exact) mass is 383 g/mol. The Bertz CT molecular complexity index is 645. The van der Waals surface area contributed by atoms with E-state index >= 15 is 0 Å². The van der Waals surface area contributed by atoms with Gasteiger partial charge in [-0.1, -0.05) is 28.0 Å². The first-order chi connectivity index (χ1) is 11.1. The molecule has 0 unspecified atom stereocenters. The standard InChI is InChI=1S/C15H22BrN5O2/c1-5-8-21-15(18-19-20-21)17-9-11-12(16)6-7-13(22-4)14(11)23-10(2)3/h6-7,10H,5,8-9H2,1-4H3,(H,17,18,20). The molecule has 0 aliphatic rings. The van der Waals surface area contributed by atoms with Crippen molar-refractivity contribution in [3.63, 3.8) is 0 Å². The van der Waals surface area contributed by atoms with Crippen molar-refractivity contribution in [2.45, 2.75) is 46.4 Å². The molecular weight excluding hydrogens is 362 g/mol. The average molecular weight is 384 g/mol. The quantitative estimate of drug-likeness (QED) is 0.753. The maximum Gasteiger partial charge on any atom is 0.243 e. The van der Waals surface area contributed by atoms with E-state index in [1.165, 1.54) is 0 Å². The molecule has 8 heteroatoms. The van der Waals surface area contributed by atoms with Crippen LogP contribution in [0.1, 0.15) is 32.8 Å². The number of aryl methyl sites for hydroxylation is 1. The SMILES string of the molecule is CCCn1nnnc1NCc1c(Br)ccc(OC)c1OC(C)C. The van der Waals surface area contributed by atoms with Crippen LogP contribution in [0.2, 0.25) is 0 Å². The molecule has 0 aliphatic carbocycles. The Kier molecular flexibility index (Phi) is 6.20. The Balaban J connectivity index is 2.25. The minimum Gasteiger partial charge on any atom is -0.493 e. The van der Waals surface area contributed by atoms with Gasteiger partial charge in [0.05, 0.1) is 13.2 Å². The van der Waals surface area contributed by atoms with Crippen molar-refractivity contribution in [1.82, 2.24) is 20.2 Å². The van der Waals surface area contributed by atoms with Crippen LogP contribution >= 0.6 is 15.9 Å². The highest BCUT2D eigenvalue weighted by Gasteiger charge is 2.16. The molecule has 2 aromatic rings. The van der Waals surface area contributed by atoms with Crippen LogP contribution in [0.15, 0.2) is 16.6 Å². The summed E-state index contributed by atoms with van der Waals surface area (Å²) in [6.45, 7) is 7.34. The third-order valence-electron chi connectivity index (χ3n) is 3.13. The normalized spacial score (nSPS) is 10.9. The van der Waals surface area contributed by atoms with E-state index < -0.39 is 0 Å². The fourth-order valence-corrected chi connectivity index (χ4v) is 2.59. The van der Waals surface area contributed by atoms with Gasteiger partial charge in [-0.2, -0.15) is 0 Å². The first-order valence-electron chi connectivity index (χ1n) is 7.58. The zero-order valence-corrected chi connectivity index (χ0v) is 15.4. The molecule has 0 spiro atoms. The highest BCUT2D eigenvalue weighted by Crippen LogP contribution is 2.37. The largest absolute Gasteiger partial charge is 0.493 e. The minimum atomic E-state index is 0.0439. The molecule has 0 saturated heterocycles. The van der Waals surface area contributed by atoms with Crippen LogP contribution in [0.3, 0.4) is 0 Å². The van der Waals surface area contributed by atoms with Crippen LogP contribution in [0, 0.1) is 0 Å². The lowest BCUT2D eigenvalue weighted by atomic mass is 10.1. The zero-order chi connectivity index (χ0) is 16.8. The second-order valence-corrected chi connectivity index (χ2v) is 6.16. The number of benzene rings is 1. The summed E-state index contributed by atoms with van der Waals surface area (Å²) < 4.78 is 14.1. The Morgan fingerprint density at radius 2 is 2.13 bits per heavy atom. The molecule has 0 radical (unpaired) electrons. The van der Waals surface area contributed by atoms with Gasteiger partial charge in [-0.05, 0) is 42.8 Å². The topological polar surface area (TPSA) is 74.1 Å². The van der Waals surface area contributed by atoms with E-state index in [9.17, 15) is 0 Å². The first kappa shape index (κ1) is 17.5. The number of nitrogens with zero attached hydrogens (tertiary/aromatic N) is 4. The van der Waals surface area contributed by atoms with Crippen molar-refractivity contribution in [1.29, 1.82) is 0 Å². The van der Waals surface area contributed by atoms with E-state index in [0.717, 1.165) is 28.8 Å². The van der Waals surface area contributed by atoms with Gasteiger partial charge in [-0.3, -0.25) is 0 Å². The summed E-state index contributed by atoms with van der Waals surface area (Å²) in [5.74, 6) is 2.06. The molecule has 2 rings (SSSR count). The molecule has 23 heavy (non-hydrogen) atoms. The van der Waals surface area contributed by atoms with Gasteiger partial charge in [-0.15, -0.1) is 0 Å². The predicted molar refractivity (Wildman–Crippen MR) is 91.9 cm³/mol. The third-order valence-corrected chi connectivity index (χ3v) is 3.87. The zero-order valence-electron chi connectivity index (χ0n) is 13.8. The molecule has 0 amide bonds. The summed E-state index contributed by atoms with van der Waals surface area (Å²) >= 11 is 3.58. The van der Waals surface area contributed by atoms with Crippen LogP contribution in [0.4, 0.5) is 5.95 Å². The molecule has 7 nitrogen and oxygen atoms in total. The fraction of sp³-hybridized carbons (Fsp3) is 0.533. The van der Waals surface area contributed by atoms with Gasteiger partial charge in [0.2, 0.25) is 5.95 Å². The molecule has 126 valence electrons. The number of methoxy groups -OCH3 is 1. The fourth-order valence-electron chi connectivity index (χ4n) is 2.13. The van der Waals surface area contributed by atoms with Crippen molar-refractivity contribution in [3.05, 3.63) is 22.2 Å². The Morgan fingerprint density at radius 3 is 2.78 bits per heavy atom. The predicted octanol–water partition coefficient (Wildman–Crippen LogP) is 3.25. The molecule has 1 heterocycles. The lowest BCUT2D eigenvalue weighted by Crippen LogP contribution is -2.13. The summed E-state index contributed by atoms with van der Waals surface area (Å²) in [4.78, 5) is 0. The number of aromatic nitrogens is 4. The average Bonchev–Trinajstić information content (AvgIpc) is 2.94. The highest BCUT2D eigenvalue weighted by atomic mass is 79.9. The van der Waals surface area contributed by atoms with Crippen molar-refractivity contribution >= 4 is 21.9 Å². The number of halogens is 1. The summed E-state index contributed by atoms with van der Waals surface area (Å²) in [7, 11) is 1.63. The number of hydrogen-bond donors (Lipinski definition) is 1. The lowest BCUT2D eigenvalue weighted by molar-refractivity contribution is 0.227. The van der Waals surface area contributed by atoms with Crippen LogP contribution < -0.4 is 14.8 Å². The van der Waals surface area contributed by atoms with Crippen molar-refractivity contribution in [3.8, 4) is 11.5 Å². The maximum atomic E-state index is 5.94. The summed E-state index contributed by atoms with van der Waals surface area (Å²) in [6.07, 6.45) is 1.01. The number of anilines is 1. The van der Waals surface area contributed by atoms with Gasteiger partial charge in [-0.25, -0.2) is 4.68 Å². The van der Waals surface area contributed by atoms with Crippen molar-refractivity contribution < 1.29 is 9.47 Å². The molecule has 0 fully saturated rings. The summed E-state index contributed by atoms with van der Waals surface area (Å²) in [5, 5.41) is 15.0. The smallest absolute Gasteiger partial charge is 0.243 e. The molecule has 0 atom stereocenters. The van der Waals surface area contributed by atoms with Crippen molar-refractivity contribution in [2.75, 3.05) is 12.4 Å². The Hall–Kier alpha value is -1.83. The van der Waals surface area contributed by atoms with Crippen molar-refractivity contribution in [2.24, 2.45) is 0 Å². The second-order valence-electron chi connectivity index (χ2n) is 5.30. The van der Waals surface area contributed by atoms with Crippen LogP contribution in [0.25, 0.3) is 0 Å². The summed E-state index contributed by atoms with van der Waals surface area (Å²) in [5.41, 5.74) is 0.962. The van der Waals surface area contributed by atoms with Gasteiger partial charge >= 0.3 is 0 Å². The van der Waals surface area contributed by atoms with Crippen LogP contribution in [-0.4, -0.2) is 33.4 Å². The van der Waals surface area contributed by atoms with E-state index in [4.69, 9.17) is 9.47 Å². The third kappa shape index (κ3) is 4.34. The molecule has 1 N–H and O–H groups in total. The van der Waals surface area contributed by atoms with Gasteiger partial charge in [0, 0.05) is 23.1 Å². The number of ether oxygens (including phenoxy) is 2. The van der Waals surface area contributed by atoms with Gasteiger partial charge in [0.1, 0.15) is 0 Å². The maximum absolute atomic E-state index is 5.94. The van der Waals surface area contributed by atoms with Gasteiger partial charge < -0.3 is 14.8 Å². The second kappa shape index (κ2) is 8.14. The van der Waals surface area contributed by atoms with Gasteiger partial charge in [0.25, 0.3) is 0 Å². The van der Waals surface area contributed by atoms with E-state index in [2.05, 4.69) is 43.7 Å². The van der Waals surface area contributed by atoms with E-state index in [1.807, 2.05) is 26.0 Å². The Labute approximate surface area is 144 Å². The molecule has 0 bridgehead atoms. The van der Waals surface area contributed by atoms with Crippen LogP contribution in [-0.2, 0) is 13.1 Å². The van der Waals surface area contributed by atoms with E-state index in [-0.39, 0.29) is 6.10 Å². The van der Waals surface area contributed by atoms with E-state index in [0.29, 0.717) is 18.2 Å². The minimum absolute atomic E-state index is 0.0439. The molecule has 0 aliphatic heterocycles. The van der Waals surface area contributed by atoms with Gasteiger partial charge in [0.15, 0.2) is 11.5 Å². The number of nitrogens with one attached hydrogen (secondary N) is 1. The van der Waals surface area contributed by atoms with Crippen LogP contribution in [0.5, 0.6) is 11.5 Å². The molecule has 1 aromatic heterocycles. The highest BCUT2D eigenvalue weighted by molar-refractivity contribution is 9.10. The summed E-state index contributed by atoms with van der Waals surface area (Å²) in [6, 6.07) is 3.82. The number of hydrogen-bond acceptors (Lipinski definition) is 6. The lowest BCUT2D eigenvalue weighted by Gasteiger charge is -2.19. The molecule has 1 aromatic carbocycles. The van der Waals surface area contributed by atoms with E-state index in [1.54, 1.807) is 11.8 Å².